The van der Waals surface area contributed by atoms with E-state index in [1.165, 1.54) is 11.1 Å². The first kappa shape index (κ1) is 10.1. The molecule has 2 aromatic rings. The largest absolute Gasteiger partial charge is 0.508 e. The van der Waals surface area contributed by atoms with Gasteiger partial charge in [0.1, 0.15) is 5.75 Å². The van der Waals surface area contributed by atoms with Crippen LogP contribution in [0.1, 0.15) is 30.9 Å². The number of hydrogen-bond donors (Lipinski definition) is 1. The molecule has 0 unspecified atom stereocenters. The van der Waals surface area contributed by atoms with Crippen LogP contribution in [0.3, 0.4) is 0 Å². The molecule has 0 spiro atoms. The molecule has 1 aromatic carbocycles. The standard InChI is InChI=1S/C13H17NO/c1-8(2)10-5-12-11(6-13(10)15)9(3)7-14(12)4/h5-8,15H,1-4H3. The van der Waals surface area contributed by atoms with Gasteiger partial charge in [0, 0.05) is 24.1 Å². The van der Waals surface area contributed by atoms with Gasteiger partial charge in [0.25, 0.3) is 0 Å². The van der Waals surface area contributed by atoms with E-state index in [1.807, 2.05) is 13.1 Å². The Kier molecular flexibility index (Phi) is 2.22. The zero-order chi connectivity index (χ0) is 11.2. The normalized spacial score (nSPS) is 11.5. The smallest absolute Gasteiger partial charge is 0.119 e. The van der Waals surface area contributed by atoms with Crippen LogP contribution in [0.4, 0.5) is 0 Å². The highest BCUT2D eigenvalue weighted by Crippen LogP contribution is 2.32. The average Bonchev–Trinajstić information content (AvgIpc) is 2.41. The fourth-order valence-corrected chi connectivity index (χ4v) is 2.09. The summed E-state index contributed by atoms with van der Waals surface area (Å²) in [6.07, 6.45) is 2.09. The van der Waals surface area contributed by atoms with Crippen LogP contribution in [0.25, 0.3) is 10.9 Å². The molecule has 0 aliphatic rings. The Morgan fingerprint density at radius 2 is 1.93 bits per heavy atom. The summed E-state index contributed by atoms with van der Waals surface area (Å²) in [7, 11) is 2.04. The van der Waals surface area contributed by atoms with Crippen molar-refractivity contribution in [2.24, 2.45) is 7.05 Å². The summed E-state index contributed by atoms with van der Waals surface area (Å²) in [6, 6.07) is 3.96. The molecule has 2 nitrogen and oxygen atoms in total. The quantitative estimate of drug-likeness (QED) is 0.755. The minimum atomic E-state index is 0.351. The third kappa shape index (κ3) is 1.50. The summed E-state index contributed by atoms with van der Waals surface area (Å²) in [5.74, 6) is 0.761. The number of rotatable bonds is 1. The maximum Gasteiger partial charge on any atom is 0.119 e. The molecule has 0 atom stereocenters. The van der Waals surface area contributed by atoms with Crippen LogP contribution in [0.5, 0.6) is 5.75 Å². The predicted octanol–water partition coefficient (Wildman–Crippen LogP) is 3.32. The van der Waals surface area contributed by atoms with Crippen LogP contribution < -0.4 is 0 Å². The number of aromatic nitrogens is 1. The molecular formula is C13H17NO. The molecule has 2 rings (SSSR count). The molecule has 0 aliphatic carbocycles. The van der Waals surface area contributed by atoms with E-state index in [2.05, 4.69) is 37.6 Å². The second-order valence-corrected chi connectivity index (χ2v) is 4.51. The molecule has 0 amide bonds. The lowest BCUT2D eigenvalue weighted by atomic mass is 10.00. The molecule has 1 N–H and O–H groups in total. The number of nitrogens with zero attached hydrogens (tertiary/aromatic N) is 1. The molecule has 0 fully saturated rings. The highest BCUT2D eigenvalue weighted by molar-refractivity contribution is 5.86. The molecule has 2 heteroatoms. The highest BCUT2D eigenvalue weighted by atomic mass is 16.3. The van der Waals surface area contributed by atoms with E-state index in [9.17, 15) is 5.11 Å². The lowest BCUT2D eigenvalue weighted by Gasteiger charge is -2.09. The highest BCUT2D eigenvalue weighted by Gasteiger charge is 2.10. The Hall–Kier alpha value is -1.44. The topological polar surface area (TPSA) is 25.2 Å². The first-order valence-corrected chi connectivity index (χ1v) is 5.29. The SMILES string of the molecule is Cc1cn(C)c2cc(C(C)C)c(O)cc12. The monoisotopic (exact) mass is 203 g/mol. The third-order valence-corrected chi connectivity index (χ3v) is 2.96. The molecule has 80 valence electrons. The number of aromatic hydroxyl groups is 1. The van der Waals surface area contributed by atoms with E-state index in [1.54, 1.807) is 0 Å². The van der Waals surface area contributed by atoms with Crippen LogP contribution in [0.2, 0.25) is 0 Å². The summed E-state index contributed by atoms with van der Waals surface area (Å²) >= 11 is 0. The third-order valence-electron chi connectivity index (χ3n) is 2.96. The van der Waals surface area contributed by atoms with E-state index >= 15 is 0 Å². The van der Waals surface area contributed by atoms with E-state index < -0.39 is 0 Å². The fraction of sp³-hybridized carbons (Fsp3) is 0.385. The first-order valence-electron chi connectivity index (χ1n) is 5.29. The maximum absolute atomic E-state index is 9.90. The fourth-order valence-electron chi connectivity index (χ4n) is 2.09. The summed E-state index contributed by atoms with van der Waals surface area (Å²) in [5, 5.41) is 11.0. The number of hydrogen-bond acceptors (Lipinski definition) is 1. The van der Waals surface area contributed by atoms with Crippen LogP contribution in [-0.4, -0.2) is 9.67 Å². The van der Waals surface area contributed by atoms with Gasteiger partial charge in [0.15, 0.2) is 0 Å². The second kappa shape index (κ2) is 3.30. The van der Waals surface area contributed by atoms with Crippen LogP contribution >= 0.6 is 0 Å². The van der Waals surface area contributed by atoms with E-state index in [0.717, 1.165) is 10.9 Å². The molecule has 15 heavy (non-hydrogen) atoms. The van der Waals surface area contributed by atoms with Gasteiger partial charge in [-0.2, -0.15) is 0 Å². The minimum absolute atomic E-state index is 0.351. The molecule has 1 heterocycles. The first-order chi connectivity index (χ1) is 7.00. The molecular weight excluding hydrogens is 186 g/mol. The Morgan fingerprint density at radius 3 is 2.53 bits per heavy atom. The second-order valence-electron chi connectivity index (χ2n) is 4.51. The number of phenols is 1. The Labute approximate surface area is 90.2 Å². The number of phenolic OH excluding ortho intramolecular Hbond substituents is 1. The average molecular weight is 203 g/mol. The number of benzene rings is 1. The summed E-state index contributed by atoms with van der Waals surface area (Å²) in [6.45, 7) is 6.25. The van der Waals surface area contributed by atoms with Crippen molar-refractivity contribution in [1.29, 1.82) is 0 Å². The molecule has 0 bridgehead atoms. The lowest BCUT2D eigenvalue weighted by molar-refractivity contribution is 0.466. The lowest BCUT2D eigenvalue weighted by Crippen LogP contribution is -1.90. The summed E-state index contributed by atoms with van der Waals surface area (Å²) < 4.78 is 2.11. The van der Waals surface area contributed by atoms with E-state index in [0.29, 0.717) is 11.7 Å². The molecule has 0 saturated carbocycles. The van der Waals surface area contributed by atoms with Crippen molar-refractivity contribution in [2.45, 2.75) is 26.7 Å². The van der Waals surface area contributed by atoms with Gasteiger partial charge in [-0.25, -0.2) is 0 Å². The summed E-state index contributed by atoms with van der Waals surface area (Å²) in [4.78, 5) is 0. The van der Waals surface area contributed by atoms with E-state index in [4.69, 9.17) is 0 Å². The Morgan fingerprint density at radius 1 is 1.27 bits per heavy atom. The van der Waals surface area contributed by atoms with Crippen molar-refractivity contribution in [3.8, 4) is 5.75 Å². The number of fused-ring (bicyclic) bond motifs is 1. The van der Waals surface area contributed by atoms with Gasteiger partial charge < -0.3 is 9.67 Å². The Balaban J connectivity index is 2.79. The van der Waals surface area contributed by atoms with Crippen LogP contribution in [0.15, 0.2) is 18.3 Å². The maximum atomic E-state index is 9.90. The molecule has 0 radical (unpaired) electrons. The van der Waals surface area contributed by atoms with Crippen molar-refractivity contribution in [1.82, 2.24) is 4.57 Å². The van der Waals surface area contributed by atoms with Gasteiger partial charge in [0.2, 0.25) is 0 Å². The van der Waals surface area contributed by atoms with Crippen LogP contribution in [0, 0.1) is 6.92 Å². The molecule has 0 aliphatic heterocycles. The zero-order valence-electron chi connectivity index (χ0n) is 9.70. The van der Waals surface area contributed by atoms with Crippen molar-refractivity contribution in [3.63, 3.8) is 0 Å². The summed E-state index contributed by atoms with van der Waals surface area (Å²) in [5.41, 5.74) is 3.41. The van der Waals surface area contributed by atoms with Crippen LogP contribution in [-0.2, 0) is 7.05 Å². The molecule has 0 saturated heterocycles. The van der Waals surface area contributed by atoms with Gasteiger partial charge in [0.05, 0.1) is 0 Å². The van der Waals surface area contributed by atoms with Gasteiger partial charge in [-0.3, -0.25) is 0 Å². The molecule has 1 aromatic heterocycles. The van der Waals surface area contributed by atoms with Crippen molar-refractivity contribution < 1.29 is 5.11 Å². The zero-order valence-corrected chi connectivity index (χ0v) is 9.70. The number of aryl methyl sites for hydroxylation is 2. The minimum Gasteiger partial charge on any atom is -0.508 e. The predicted molar refractivity (Wildman–Crippen MR) is 63.4 cm³/mol. The van der Waals surface area contributed by atoms with Gasteiger partial charge in [-0.1, -0.05) is 13.8 Å². The Bertz CT molecular complexity index is 509. The van der Waals surface area contributed by atoms with Gasteiger partial charge in [-0.05, 0) is 36.1 Å². The van der Waals surface area contributed by atoms with E-state index in [-0.39, 0.29) is 0 Å². The van der Waals surface area contributed by atoms with Crippen molar-refractivity contribution >= 4 is 10.9 Å². The van der Waals surface area contributed by atoms with Gasteiger partial charge in [-0.15, -0.1) is 0 Å². The van der Waals surface area contributed by atoms with Gasteiger partial charge >= 0.3 is 0 Å². The van der Waals surface area contributed by atoms with Crippen molar-refractivity contribution in [2.75, 3.05) is 0 Å². The van der Waals surface area contributed by atoms with Crippen molar-refractivity contribution in [3.05, 3.63) is 29.5 Å².